The number of pyridine rings is 1. The average Bonchev–Trinajstić information content (AvgIpc) is 3.24. The van der Waals surface area contributed by atoms with Crippen molar-refractivity contribution in [3.05, 3.63) is 66.4 Å². The Labute approximate surface area is 157 Å². The third-order valence-corrected chi connectivity index (χ3v) is 6.63. The SMILES string of the molecule is O=C(Nc1ccnc2ccccc12)c1ccc(S(=O)(=O)N2CCCC2)cc1. The highest BCUT2D eigenvalue weighted by Crippen LogP contribution is 2.23. The molecule has 0 aliphatic carbocycles. The Balaban J connectivity index is 1.56. The number of nitrogens with zero attached hydrogens (tertiary/aromatic N) is 2. The molecule has 138 valence electrons. The fraction of sp³-hybridized carbons (Fsp3) is 0.200. The van der Waals surface area contributed by atoms with Crippen molar-refractivity contribution in [1.82, 2.24) is 9.29 Å². The normalized spacial score (nSPS) is 15.1. The van der Waals surface area contributed by atoms with Gasteiger partial charge in [-0.15, -0.1) is 0 Å². The number of aromatic nitrogens is 1. The van der Waals surface area contributed by atoms with E-state index < -0.39 is 10.0 Å². The number of para-hydroxylation sites is 1. The van der Waals surface area contributed by atoms with Crippen LogP contribution in [0.1, 0.15) is 23.2 Å². The van der Waals surface area contributed by atoms with Crippen molar-refractivity contribution >= 4 is 32.5 Å². The fourth-order valence-corrected chi connectivity index (χ4v) is 4.77. The lowest BCUT2D eigenvalue weighted by Crippen LogP contribution is -2.27. The number of nitrogens with one attached hydrogen (secondary N) is 1. The van der Waals surface area contributed by atoms with Crippen LogP contribution in [0.2, 0.25) is 0 Å². The third-order valence-electron chi connectivity index (χ3n) is 4.72. The molecule has 7 heteroatoms. The molecular weight excluding hydrogens is 362 g/mol. The summed E-state index contributed by atoms with van der Waals surface area (Å²) in [5.74, 6) is -0.295. The number of benzene rings is 2. The molecule has 6 nitrogen and oxygen atoms in total. The van der Waals surface area contributed by atoms with Gasteiger partial charge >= 0.3 is 0 Å². The van der Waals surface area contributed by atoms with E-state index in [9.17, 15) is 13.2 Å². The van der Waals surface area contributed by atoms with Crippen LogP contribution in [0.3, 0.4) is 0 Å². The second-order valence-corrected chi connectivity index (χ2v) is 8.40. The van der Waals surface area contributed by atoms with Crippen LogP contribution in [0.5, 0.6) is 0 Å². The highest BCUT2D eigenvalue weighted by molar-refractivity contribution is 7.89. The first-order chi connectivity index (χ1) is 13.1. The van der Waals surface area contributed by atoms with Crippen LogP contribution >= 0.6 is 0 Å². The predicted octanol–water partition coefficient (Wildman–Crippen LogP) is 3.27. The monoisotopic (exact) mass is 381 g/mol. The summed E-state index contributed by atoms with van der Waals surface area (Å²) in [6, 6.07) is 15.4. The lowest BCUT2D eigenvalue weighted by atomic mass is 10.1. The molecule has 27 heavy (non-hydrogen) atoms. The van der Waals surface area contributed by atoms with Gasteiger partial charge in [-0.05, 0) is 49.2 Å². The van der Waals surface area contributed by atoms with E-state index in [0.29, 0.717) is 24.3 Å². The summed E-state index contributed by atoms with van der Waals surface area (Å²) >= 11 is 0. The molecule has 1 N–H and O–H groups in total. The summed E-state index contributed by atoms with van der Waals surface area (Å²) in [6.07, 6.45) is 3.42. The van der Waals surface area contributed by atoms with Crippen molar-refractivity contribution in [3.8, 4) is 0 Å². The summed E-state index contributed by atoms with van der Waals surface area (Å²) in [4.78, 5) is 17.1. The van der Waals surface area contributed by atoms with Crippen molar-refractivity contribution in [3.63, 3.8) is 0 Å². The number of carbonyl (C=O) groups excluding carboxylic acids is 1. The number of carbonyl (C=O) groups is 1. The molecule has 1 aliphatic rings. The van der Waals surface area contributed by atoms with E-state index in [-0.39, 0.29) is 10.8 Å². The van der Waals surface area contributed by atoms with Crippen molar-refractivity contribution in [1.29, 1.82) is 0 Å². The Hall–Kier alpha value is -2.77. The quantitative estimate of drug-likeness (QED) is 0.752. The lowest BCUT2D eigenvalue weighted by molar-refractivity contribution is 0.102. The summed E-state index contributed by atoms with van der Waals surface area (Å²) in [7, 11) is -3.48. The first kappa shape index (κ1) is 17.6. The van der Waals surface area contributed by atoms with Crippen LogP contribution in [-0.2, 0) is 10.0 Å². The number of hydrogen-bond donors (Lipinski definition) is 1. The molecule has 1 saturated heterocycles. The zero-order chi connectivity index (χ0) is 18.9. The van der Waals surface area contributed by atoms with E-state index in [1.54, 1.807) is 24.4 Å². The van der Waals surface area contributed by atoms with Crippen LogP contribution in [0.15, 0.2) is 65.7 Å². The maximum Gasteiger partial charge on any atom is 0.255 e. The number of amides is 1. The largest absolute Gasteiger partial charge is 0.321 e. The average molecular weight is 381 g/mol. The molecular formula is C20H19N3O3S. The summed E-state index contributed by atoms with van der Waals surface area (Å²) in [5, 5.41) is 3.72. The maximum atomic E-state index is 12.6. The molecule has 0 unspecified atom stereocenters. The van der Waals surface area contributed by atoms with E-state index in [4.69, 9.17) is 0 Å². The van der Waals surface area contributed by atoms with Gasteiger partial charge in [-0.2, -0.15) is 4.31 Å². The van der Waals surface area contributed by atoms with E-state index in [2.05, 4.69) is 10.3 Å². The Bertz CT molecular complexity index is 1080. The summed E-state index contributed by atoms with van der Waals surface area (Å²) in [5.41, 5.74) is 1.86. The standard InChI is InChI=1S/C20H19N3O3S/c24-20(22-19-11-12-21-18-6-2-1-5-17(18)19)15-7-9-16(10-8-15)27(25,26)23-13-3-4-14-23/h1-2,5-12H,3-4,13-14H2,(H,21,22,24). The number of fused-ring (bicyclic) bond motifs is 1. The highest BCUT2D eigenvalue weighted by atomic mass is 32.2. The van der Waals surface area contributed by atoms with E-state index >= 15 is 0 Å². The van der Waals surface area contributed by atoms with Crippen LogP contribution < -0.4 is 5.32 Å². The minimum absolute atomic E-state index is 0.218. The van der Waals surface area contributed by atoms with Crippen LogP contribution in [-0.4, -0.2) is 36.7 Å². The molecule has 0 atom stereocenters. The second kappa shape index (κ2) is 7.09. The minimum Gasteiger partial charge on any atom is -0.321 e. The van der Waals surface area contributed by atoms with Crippen molar-refractivity contribution in [2.45, 2.75) is 17.7 Å². The van der Waals surface area contributed by atoms with Gasteiger partial charge in [0.15, 0.2) is 0 Å². The maximum absolute atomic E-state index is 12.6. The molecule has 2 aromatic carbocycles. The number of anilines is 1. The van der Waals surface area contributed by atoms with Crippen LogP contribution in [0.25, 0.3) is 10.9 Å². The van der Waals surface area contributed by atoms with Gasteiger partial charge in [0.05, 0.1) is 16.1 Å². The smallest absolute Gasteiger partial charge is 0.255 e. The van der Waals surface area contributed by atoms with E-state index in [1.807, 2.05) is 24.3 Å². The first-order valence-corrected chi connectivity index (χ1v) is 10.2. The minimum atomic E-state index is -3.48. The molecule has 1 aromatic heterocycles. The van der Waals surface area contributed by atoms with Crippen molar-refractivity contribution < 1.29 is 13.2 Å². The Morgan fingerprint density at radius 2 is 1.67 bits per heavy atom. The number of sulfonamides is 1. The zero-order valence-electron chi connectivity index (χ0n) is 14.6. The van der Waals surface area contributed by atoms with Gasteiger partial charge in [0.25, 0.3) is 5.91 Å². The fourth-order valence-electron chi connectivity index (χ4n) is 3.26. The molecule has 4 rings (SSSR count). The van der Waals surface area contributed by atoms with Crippen LogP contribution in [0.4, 0.5) is 5.69 Å². The molecule has 0 radical (unpaired) electrons. The van der Waals surface area contributed by atoms with Gasteiger partial charge < -0.3 is 5.32 Å². The lowest BCUT2D eigenvalue weighted by Gasteiger charge is -2.15. The van der Waals surface area contributed by atoms with E-state index in [0.717, 1.165) is 23.7 Å². The topological polar surface area (TPSA) is 79.4 Å². The Morgan fingerprint density at radius 1 is 0.963 bits per heavy atom. The van der Waals surface area contributed by atoms with Gasteiger partial charge in [-0.25, -0.2) is 8.42 Å². The third kappa shape index (κ3) is 3.43. The molecule has 2 heterocycles. The van der Waals surface area contributed by atoms with Gasteiger partial charge in [0, 0.05) is 30.2 Å². The predicted molar refractivity (Wildman–Crippen MR) is 104 cm³/mol. The second-order valence-electron chi connectivity index (χ2n) is 6.47. The van der Waals surface area contributed by atoms with E-state index in [1.165, 1.54) is 16.4 Å². The molecule has 0 bridgehead atoms. The van der Waals surface area contributed by atoms with Crippen molar-refractivity contribution in [2.75, 3.05) is 18.4 Å². The number of hydrogen-bond acceptors (Lipinski definition) is 4. The Morgan fingerprint density at radius 3 is 2.41 bits per heavy atom. The highest BCUT2D eigenvalue weighted by Gasteiger charge is 2.27. The molecule has 0 saturated carbocycles. The molecule has 0 spiro atoms. The van der Waals surface area contributed by atoms with Gasteiger partial charge in [-0.3, -0.25) is 9.78 Å². The zero-order valence-corrected chi connectivity index (χ0v) is 15.4. The molecule has 3 aromatic rings. The number of rotatable bonds is 4. The molecule has 1 fully saturated rings. The summed E-state index contributed by atoms with van der Waals surface area (Å²) < 4.78 is 26.6. The first-order valence-electron chi connectivity index (χ1n) is 8.81. The van der Waals surface area contributed by atoms with Gasteiger partial charge in [-0.1, -0.05) is 18.2 Å². The van der Waals surface area contributed by atoms with Gasteiger partial charge in [0.2, 0.25) is 10.0 Å². The molecule has 1 amide bonds. The Kier molecular flexibility index (Phi) is 4.63. The van der Waals surface area contributed by atoms with Gasteiger partial charge in [0.1, 0.15) is 0 Å². The van der Waals surface area contributed by atoms with Crippen LogP contribution in [0, 0.1) is 0 Å². The molecule has 1 aliphatic heterocycles. The van der Waals surface area contributed by atoms with Crippen molar-refractivity contribution in [2.24, 2.45) is 0 Å². The summed E-state index contributed by atoms with van der Waals surface area (Å²) in [6.45, 7) is 1.11.